The lowest BCUT2D eigenvalue weighted by Crippen LogP contribution is -2.24. The van der Waals surface area contributed by atoms with Gasteiger partial charge in [-0.25, -0.2) is 0 Å². The molecule has 2 rings (SSSR count). The van der Waals surface area contributed by atoms with Gasteiger partial charge in [0.05, 0.1) is 0 Å². The molecule has 0 radical (unpaired) electrons. The SMILES string of the molecule is CC(C)NCCc1nnc(-c2cc(I)ccc2Br)s1. The monoisotopic (exact) mass is 451 g/mol. The lowest BCUT2D eigenvalue weighted by Gasteiger charge is -2.05. The number of rotatable bonds is 5. The first kappa shape index (κ1) is 15.3. The van der Waals surface area contributed by atoms with E-state index in [4.69, 9.17) is 0 Å². The first-order valence-electron chi connectivity index (χ1n) is 6.07. The molecule has 0 aliphatic carbocycles. The van der Waals surface area contributed by atoms with Gasteiger partial charge in [-0.3, -0.25) is 0 Å². The predicted octanol–water partition coefficient (Wildman–Crippen LogP) is 4.11. The van der Waals surface area contributed by atoms with Gasteiger partial charge >= 0.3 is 0 Å². The summed E-state index contributed by atoms with van der Waals surface area (Å²) in [5, 5.41) is 14.0. The van der Waals surface area contributed by atoms with Crippen molar-refractivity contribution in [2.75, 3.05) is 6.54 Å². The highest BCUT2D eigenvalue weighted by Gasteiger charge is 2.10. The van der Waals surface area contributed by atoms with Crippen molar-refractivity contribution in [3.05, 3.63) is 31.2 Å². The van der Waals surface area contributed by atoms with Crippen molar-refractivity contribution in [3.63, 3.8) is 0 Å². The molecule has 3 nitrogen and oxygen atoms in total. The van der Waals surface area contributed by atoms with E-state index in [1.807, 2.05) is 0 Å². The standard InChI is InChI=1S/C13H15BrIN3S/c1-8(2)16-6-5-12-17-18-13(19-12)10-7-9(15)3-4-11(10)14/h3-4,7-8,16H,5-6H2,1-2H3. The zero-order chi connectivity index (χ0) is 13.8. The highest BCUT2D eigenvalue weighted by molar-refractivity contribution is 14.1. The van der Waals surface area contributed by atoms with E-state index in [1.165, 1.54) is 3.57 Å². The Morgan fingerprint density at radius 3 is 2.89 bits per heavy atom. The fraction of sp³-hybridized carbons (Fsp3) is 0.385. The van der Waals surface area contributed by atoms with Crippen molar-refractivity contribution in [3.8, 4) is 10.6 Å². The van der Waals surface area contributed by atoms with Crippen LogP contribution in [0.4, 0.5) is 0 Å². The predicted molar refractivity (Wildman–Crippen MR) is 92.6 cm³/mol. The number of nitrogens with zero attached hydrogens (tertiary/aromatic N) is 2. The van der Waals surface area contributed by atoms with E-state index >= 15 is 0 Å². The molecule has 0 unspecified atom stereocenters. The van der Waals surface area contributed by atoms with Crippen LogP contribution >= 0.6 is 49.9 Å². The van der Waals surface area contributed by atoms with Gasteiger partial charge in [0.25, 0.3) is 0 Å². The summed E-state index contributed by atoms with van der Waals surface area (Å²) in [7, 11) is 0. The molecule has 1 aromatic carbocycles. The topological polar surface area (TPSA) is 37.8 Å². The third-order valence-corrected chi connectivity index (χ3v) is 4.90. The molecule has 6 heteroatoms. The van der Waals surface area contributed by atoms with Crippen LogP contribution in [0.25, 0.3) is 10.6 Å². The van der Waals surface area contributed by atoms with Gasteiger partial charge in [-0.05, 0) is 40.8 Å². The Morgan fingerprint density at radius 2 is 2.16 bits per heavy atom. The fourth-order valence-electron chi connectivity index (χ4n) is 1.59. The van der Waals surface area contributed by atoms with Crippen LogP contribution in [0.2, 0.25) is 0 Å². The molecule has 0 bridgehead atoms. The molecule has 0 atom stereocenters. The number of halogens is 2. The lowest BCUT2D eigenvalue weighted by atomic mass is 10.2. The average Bonchev–Trinajstić information content (AvgIpc) is 2.80. The van der Waals surface area contributed by atoms with Crippen molar-refractivity contribution in [1.29, 1.82) is 0 Å². The van der Waals surface area contributed by atoms with E-state index in [9.17, 15) is 0 Å². The smallest absolute Gasteiger partial charge is 0.148 e. The molecule has 102 valence electrons. The van der Waals surface area contributed by atoms with Crippen LogP contribution in [0, 0.1) is 3.57 Å². The molecular formula is C13H15BrIN3S. The lowest BCUT2D eigenvalue weighted by molar-refractivity contribution is 0.588. The Labute approximate surface area is 139 Å². The Hall–Kier alpha value is -0.0500. The van der Waals surface area contributed by atoms with Crippen LogP contribution in [-0.4, -0.2) is 22.8 Å². The van der Waals surface area contributed by atoms with E-state index in [2.05, 4.69) is 86.1 Å². The van der Waals surface area contributed by atoms with E-state index < -0.39 is 0 Å². The molecule has 2 aromatic rings. The normalized spacial score (nSPS) is 11.2. The number of hydrogen-bond donors (Lipinski definition) is 1. The number of nitrogens with one attached hydrogen (secondary N) is 1. The minimum absolute atomic E-state index is 0.511. The molecule has 0 fully saturated rings. The van der Waals surface area contributed by atoms with E-state index in [-0.39, 0.29) is 0 Å². The van der Waals surface area contributed by atoms with Crippen molar-refractivity contribution >= 4 is 49.9 Å². The van der Waals surface area contributed by atoms with Crippen LogP contribution in [0.1, 0.15) is 18.9 Å². The molecule has 0 saturated heterocycles. The molecule has 0 saturated carbocycles. The molecule has 0 aliphatic heterocycles. The molecule has 1 aromatic heterocycles. The second-order valence-corrected chi connectivity index (χ2v) is 7.65. The second kappa shape index (κ2) is 7.10. The second-order valence-electron chi connectivity index (χ2n) is 4.48. The van der Waals surface area contributed by atoms with Gasteiger partial charge in [0.15, 0.2) is 0 Å². The van der Waals surface area contributed by atoms with Crippen LogP contribution in [0.5, 0.6) is 0 Å². The molecule has 1 N–H and O–H groups in total. The third-order valence-electron chi connectivity index (χ3n) is 2.52. The zero-order valence-electron chi connectivity index (χ0n) is 10.8. The van der Waals surface area contributed by atoms with Gasteiger partial charge in [-0.1, -0.05) is 41.1 Å². The van der Waals surface area contributed by atoms with Crippen molar-refractivity contribution < 1.29 is 0 Å². The largest absolute Gasteiger partial charge is 0.314 e. The summed E-state index contributed by atoms with van der Waals surface area (Å²) in [4.78, 5) is 0. The number of aromatic nitrogens is 2. The minimum atomic E-state index is 0.511. The van der Waals surface area contributed by atoms with Crippen LogP contribution in [-0.2, 0) is 6.42 Å². The van der Waals surface area contributed by atoms with Crippen LogP contribution in [0.15, 0.2) is 22.7 Å². The Kier molecular flexibility index (Phi) is 5.73. The summed E-state index contributed by atoms with van der Waals surface area (Å²) in [6.07, 6.45) is 0.928. The Balaban J connectivity index is 2.10. The van der Waals surface area contributed by atoms with Gasteiger partial charge in [0.2, 0.25) is 0 Å². The Morgan fingerprint density at radius 1 is 1.37 bits per heavy atom. The average molecular weight is 452 g/mol. The maximum atomic E-state index is 4.29. The first-order valence-corrected chi connectivity index (χ1v) is 8.76. The van der Waals surface area contributed by atoms with Gasteiger partial charge in [-0.2, -0.15) is 0 Å². The third kappa shape index (κ3) is 4.47. The first-order chi connectivity index (χ1) is 9.06. The van der Waals surface area contributed by atoms with Crippen molar-refractivity contribution in [2.45, 2.75) is 26.3 Å². The molecule has 0 amide bonds. The van der Waals surface area contributed by atoms with Gasteiger partial charge < -0.3 is 5.32 Å². The van der Waals surface area contributed by atoms with Crippen LogP contribution in [0.3, 0.4) is 0 Å². The Bertz CT molecular complexity index is 557. The highest BCUT2D eigenvalue weighted by atomic mass is 127. The summed E-state index contributed by atoms with van der Waals surface area (Å²) in [6.45, 7) is 5.24. The van der Waals surface area contributed by atoms with Gasteiger partial charge in [0, 0.05) is 32.6 Å². The fourth-order valence-corrected chi connectivity index (χ4v) is 3.52. The summed E-state index contributed by atoms with van der Waals surface area (Å²) in [6, 6.07) is 6.76. The maximum Gasteiger partial charge on any atom is 0.148 e. The summed E-state index contributed by atoms with van der Waals surface area (Å²) >= 11 is 7.55. The summed E-state index contributed by atoms with van der Waals surface area (Å²) in [5.41, 5.74) is 1.12. The zero-order valence-corrected chi connectivity index (χ0v) is 15.3. The molecule has 1 heterocycles. The molecule has 0 aliphatic rings. The van der Waals surface area contributed by atoms with Gasteiger partial charge in [-0.15, -0.1) is 10.2 Å². The summed E-state index contributed by atoms with van der Waals surface area (Å²) in [5.74, 6) is 0. The van der Waals surface area contributed by atoms with Gasteiger partial charge in [0.1, 0.15) is 10.0 Å². The quantitative estimate of drug-likeness (QED) is 0.695. The molecule has 19 heavy (non-hydrogen) atoms. The summed E-state index contributed by atoms with van der Waals surface area (Å²) < 4.78 is 2.27. The van der Waals surface area contributed by atoms with Crippen LogP contribution < -0.4 is 5.32 Å². The maximum absolute atomic E-state index is 4.29. The number of hydrogen-bond acceptors (Lipinski definition) is 4. The molecule has 0 spiro atoms. The minimum Gasteiger partial charge on any atom is -0.314 e. The highest BCUT2D eigenvalue weighted by Crippen LogP contribution is 2.31. The molecular weight excluding hydrogens is 437 g/mol. The van der Waals surface area contributed by atoms with E-state index in [1.54, 1.807) is 11.3 Å². The van der Waals surface area contributed by atoms with E-state index in [0.717, 1.165) is 33.0 Å². The van der Waals surface area contributed by atoms with Crippen molar-refractivity contribution in [2.24, 2.45) is 0 Å². The van der Waals surface area contributed by atoms with E-state index in [0.29, 0.717) is 6.04 Å². The van der Waals surface area contributed by atoms with Crippen molar-refractivity contribution in [1.82, 2.24) is 15.5 Å². The number of benzene rings is 1.